The van der Waals surface area contributed by atoms with Gasteiger partial charge < -0.3 is 9.73 Å². The third-order valence-corrected chi connectivity index (χ3v) is 3.34. The maximum atomic E-state index is 5.93. The predicted molar refractivity (Wildman–Crippen MR) is 81.4 cm³/mol. The molecule has 2 aromatic heterocycles. The number of rotatable bonds is 5. The summed E-state index contributed by atoms with van der Waals surface area (Å²) < 4.78 is 5.93. The summed E-state index contributed by atoms with van der Waals surface area (Å²) in [6.45, 7) is 3.94. The molecule has 0 bridgehead atoms. The quantitative estimate of drug-likeness (QED) is 0.709. The molecule has 0 saturated carbocycles. The van der Waals surface area contributed by atoms with Crippen LogP contribution in [0.3, 0.4) is 0 Å². The van der Waals surface area contributed by atoms with E-state index in [2.05, 4.69) is 35.4 Å². The van der Waals surface area contributed by atoms with Crippen LogP contribution >= 0.6 is 0 Å². The first-order valence-corrected chi connectivity index (χ1v) is 7.01. The molecule has 0 radical (unpaired) electrons. The lowest BCUT2D eigenvalue weighted by Gasteiger charge is -2.03. The molecule has 3 heteroatoms. The minimum absolute atomic E-state index is 0.775. The van der Waals surface area contributed by atoms with Gasteiger partial charge in [0.1, 0.15) is 11.5 Å². The van der Waals surface area contributed by atoms with Gasteiger partial charge in [0.25, 0.3) is 0 Å². The minimum atomic E-state index is 0.775. The zero-order valence-electron chi connectivity index (χ0n) is 11.6. The molecule has 3 aromatic rings. The molecule has 102 valence electrons. The number of benzene rings is 1. The molecule has 0 atom stereocenters. The Hall–Kier alpha value is -2.13. The van der Waals surface area contributed by atoms with Crippen LogP contribution in [-0.2, 0) is 6.54 Å². The van der Waals surface area contributed by atoms with Crippen molar-refractivity contribution in [3.8, 4) is 11.3 Å². The monoisotopic (exact) mass is 266 g/mol. The Morgan fingerprint density at radius 3 is 3.00 bits per heavy atom. The summed E-state index contributed by atoms with van der Waals surface area (Å²) in [4.78, 5) is 4.21. The molecule has 0 unspecified atom stereocenters. The summed E-state index contributed by atoms with van der Waals surface area (Å²) in [6, 6.07) is 12.3. The number of nitrogens with one attached hydrogen (secondary N) is 1. The predicted octanol–water partition coefficient (Wildman–Crippen LogP) is 3.99. The molecule has 0 spiro atoms. The Morgan fingerprint density at radius 2 is 2.10 bits per heavy atom. The molecule has 3 rings (SSSR count). The lowest BCUT2D eigenvalue weighted by Crippen LogP contribution is -2.12. The number of furan rings is 1. The SMILES string of the molecule is CCCNCc1ccc(-c2cccc3ccncc23)o1. The number of nitrogens with zero attached hydrogens (tertiary/aromatic N) is 1. The highest BCUT2D eigenvalue weighted by molar-refractivity contribution is 5.94. The van der Waals surface area contributed by atoms with Crippen molar-refractivity contribution in [2.24, 2.45) is 0 Å². The average Bonchev–Trinajstić information content (AvgIpc) is 2.96. The van der Waals surface area contributed by atoms with Crippen LogP contribution in [0.5, 0.6) is 0 Å². The molecule has 3 nitrogen and oxygen atoms in total. The van der Waals surface area contributed by atoms with Gasteiger partial charge in [0.2, 0.25) is 0 Å². The molecule has 0 aliphatic heterocycles. The van der Waals surface area contributed by atoms with E-state index in [-0.39, 0.29) is 0 Å². The second-order valence-electron chi connectivity index (χ2n) is 4.85. The van der Waals surface area contributed by atoms with Crippen molar-refractivity contribution in [1.82, 2.24) is 10.3 Å². The highest BCUT2D eigenvalue weighted by Gasteiger charge is 2.08. The van der Waals surface area contributed by atoms with Gasteiger partial charge in [0.15, 0.2) is 0 Å². The van der Waals surface area contributed by atoms with Crippen LogP contribution in [0.1, 0.15) is 19.1 Å². The van der Waals surface area contributed by atoms with Crippen molar-refractivity contribution >= 4 is 10.8 Å². The lowest BCUT2D eigenvalue weighted by molar-refractivity contribution is 0.494. The van der Waals surface area contributed by atoms with E-state index < -0.39 is 0 Å². The smallest absolute Gasteiger partial charge is 0.135 e. The largest absolute Gasteiger partial charge is 0.460 e. The van der Waals surface area contributed by atoms with E-state index in [0.717, 1.165) is 42.0 Å². The number of aromatic nitrogens is 1. The standard InChI is InChI=1S/C17H18N2O/c1-2-9-18-11-14-6-7-17(20-14)15-5-3-4-13-8-10-19-12-16(13)15/h3-8,10,12,18H,2,9,11H2,1H3. The van der Waals surface area contributed by atoms with Gasteiger partial charge >= 0.3 is 0 Å². The Kier molecular flexibility index (Phi) is 3.79. The van der Waals surface area contributed by atoms with E-state index in [9.17, 15) is 0 Å². The number of fused-ring (bicyclic) bond motifs is 1. The van der Waals surface area contributed by atoms with Gasteiger partial charge in [-0.1, -0.05) is 25.1 Å². The van der Waals surface area contributed by atoms with Crippen LogP contribution in [0, 0.1) is 0 Å². The van der Waals surface area contributed by atoms with Gasteiger partial charge in [-0.25, -0.2) is 0 Å². The summed E-state index contributed by atoms with van der Waals surface area (Å²) in [5.41, 5.74) is 1.09. The fraction of sp³-hybridized carbons (Fsp3) is 0.235. The number of hydrogen-bond donors (Lipinski definition) is 1. The molecule has 1 N–H and O–H groups in total. The van der Waals surface area contributed by atoms with Gasteiger partial charge in [-0.15, -0.1) is 0 Å². The molecule has 0 saturated heterocycles. The summed E-state index contributed by atoms with van der Waals surface area (Å²) in [6.07, 6.45) is 4.83. The first-order chi connectivity index (χ1) is 9.88. The van der Waals surface area contributed by atoms with Crippen LogP contribution < -0.4 is 5.32 Å². The second-order valence-corrected chi connectivity index (χ2v) is 4.85. The first-order valence-electron chi connectivity index (χ1n) is 7.01. The fourth-order valence-electron chi connectivity index (χ4n) is 2.33. The summed E-state index contributed by atoms with van der Waals surface area (Å²) in [5, 5.41) is 5.65. The van der Waals surface area contributed by atoms with Crippen molar-refractivity contribution in [3.05, 3.63) is 54.6 Å². The Labute approximate surface area is 118 Å². The fourth-order valence-corrected chi connectivity index (χ4v) is 2.33. The highest BCUT2D eigenvalue weighted by Crippen LogP contribution is 2.29. The van der Waals surface area contributed by atoms with Crippen LogP contribution in [0.4, 0.5) is 0 Å². The van der Waals surface area contributed by atoms with Gasteiger partial charge in [-0.3, -0.25) is 4.98 Å². The molecule has 0 aliphatic rings. The Bertz CT molecular complexity index is 698. The summed E-state index contributed by atoms with van der Waals surface area (Å²) >= 11 is 0. The number of hydrogen-bond acceptors (Lipinski definition) is 3. The molecular weight excluding hydrogens is 248 g/mol. The molecule has 0 fully saturated rings. The maximum absolute atomic E-state index is 5.93. The van der Waals surface area contributed by atoms with Gasteiger partial charge in [-0.2, -0.15) is 0 Å². The average molecular weight is 266 g/mol. The molecular formula is C17H18N2O. The van der Waals surface area contributed by atoms with Gasteiger partial charge in [0, 0.05) is 23.3 Å². The van der Waals surface area contributed by atoms with Crippen molar-refractivity contribution in [2.75, 3.05) is 6.54 Å². The van der Waals surface area contributed by atoms with Crippen molar-refractivity contribution in [3.63, 3.8) is 0 Å². The van der Waals surface area contributed by atoms with Crippen LogP contribution in [0.2, 0.25) is 0 Å². The van der Waals surface area contributed by atoms with Crippen LogP contribution in [-0.4, -0.2) is 11.5 Å². The minimum Gasteiger partial charge on any atom is -0.460 e. The van der Waals surface area contributed by atoms with Gasteiger partial charge in [0.05, 0.1) is 6.54 Å². The maximum Gasteiger partial charge on any atom is 0.135 e. The van der Waals surface area contributed by atoms with E-state index in [1.165, 1.54) is 5.39 Å². The zero-order valence-corrected chi connectivity index (χ0v) is 11.6. The van der Waals surface area contributed by atoms with Crippen LogP contribution in [0.25, 0.3) is 22.1 Å². The zero-order chi connectivity index (χ0) is 13.8. The third-order valence-electron chi connectivity index (χ3n) is 3.34. The summed E-state index contributed by atoms with van der Waals surface area (Å²) in [7, 11) is 0. The Balaban J connectivity index is 1.91. The molecule has 20 heavy (non-hydrogen) atoms. The van der Waals surface area contributed by atoms with E-state index in [1.54, 1.807) is 0 Å². The first kappa shape index (κ1) is 12.9. The van der Waals surface area contributed by atoms with E-state index in [1.807, 2.05) is 30.6 Å². The molecule has 0 aliphatic carbocycles. The van der Waals surface area contributed by atoms with Crippen molar-refractivity contribution < 1.29 is 4.42 Å². The van der Waals surface area contributed by atoms with Gasteiger partial charge in [-0.05, 0) is 36.6 Å². The van der Waals surface area contributed by atoms with E-state index in [0.29, 0.717) is 0 Å². The third kappa shape index (κ3) is 2.58. The molecule has 2 heterocycles. The number of pyridine rings is 1. The second kappa shape index (κ2) is 5.88. The van der Waals surface area contributed by atoms with E-state index >= 15 is 0 Å². The molecule has 1 aromatic carbocycles. The Morgan fingerprint density at radius 1 is 1.15 bits per heavy atom. The topological polar surface area (TPSA) is 38.1 Å². The normalized spacial score (nSPS) is 11.1. The van der Waals surface area contributed by atoms with E-state index in [4.69, 9.17) is 4.42 Å². The lowest BCUT2D eigenvalue weighted by atomic mass is 10.1. The summed E-state index contributed by atoms with van der Waals surface area (Å²) in [5.74, 6) is 1.87. The van der Waals surface area contributed by atoms with Crippen LogP contribution in [0.15, 0.2) is 53.2 Å². The highest BCUT2D eigenvalue weighted by atomic mass is 16.3. The van der Waals surface area contributed by atoms with Crippen molar-refractivity contribution in [1.29, 1.82) is 0 Å². The van der Waals surface area contributed by atoms with Crippen molar-refractivity contribution in [2.45, 2.75) is 19.9 Å². The molecule has 0 amide bonds.